The molecule has 140 valence electrons. The van der Waals surface area contributed by atoms with Crippen LogP contribution in [0.4, 0.5) is 4.79 Å². The molecule has 0 aliphatic heterocycles. The molecule has 0 aromatic heterocycles. The van der Waals surface area contributed by atoms with Crippen LogP contribution in [0, 0.1) is 0 Å². The van der Waals surface area contributed by atoms with Gasteiger partial charge in [-0.3, -0.25) is 4.79 Å². The van der Waals surface area contributed by atoms with Crippen molar-refractivity contribution in [3.63, 3.8) is 0 Å². The lowest BCUT2D eigenvalue weighted by atomic mass is 10.1. The van der Waals surface area contributed by atoms with Gasteiger partial charge in [-0.05, 0) is 44.9 Å². The number of carbonyl (C=O) groups is 2. The average molecular weight is 371 g/mol. The van der Waals surface area contributed by atoms with Gasteiger partial charge in [-0.25, -0.2) is 4.79 Å². The van der Waals surface area contributed by atoms with Crippen LogP contribution in [0.3, 0.4) is 0 Å². The molecule has 6 nitrogen and oxygen atoms in total. The minimum Gasteiger partial charge on any atom is -0.444 e. The zero-order chi connectivity index (χ0) is 18.9. The van der Waals surface area contributed by atoms with E-state index in [9.17, 15) is 9.59 Å². The Hall–Kier alpha value is -1.79. The summed E-state index contributed by atoms with van der Waals surface area (Å²) in [6, 6.07) is 6.74. The van der Waals surface area contributed by atoms with Crippen LogP contribution < -0.4 is 10.6 Å². The van der Waals surface area contributed by atoms with E-state index in [4.69, 9.17) is 21.1 Å². The molecule has 0 radical (unpaired) electrons. The van der Waals surface area contributed by atoms with Gasteiger partial charge in [-0.15, -0.1) is 0 Å². The van der Waals surface area contributed by atoms with Crippen LogP contribution in [-0.2, 0) is 20.7 Å². The van der Waals surface area contributed by atoms with E-state index in [1.165, 1.54) is 0 Å². The van der Waals surface area contributed by atoms with Crippen molar-refractivity contribution in [2.24, 2.45) is 0 Å². The molecule has 0 saturated heterocycles. The van der Waals surface area contributed by atoms with Crippen LogP contribution in [0.1, 0.15) is 32.8 Å². The highest BCUT2D eigenvalue weighted by Crippen LogP contribution is 2.10. The number of amides is 2. The molecule has 0 aliphatic carbocycles. The van der Waals surface area contributed by atoms with E-state index in [0.717, 1.165) is 5.56 Å². The number of hydrogen-bond donors (Lipinski definition) is 2. The van der Waals surface area contributed by atoms with Gasteiger partial charge in [0.1, 0.15) is 11.6 Å². The Morgan fingerprint density at radius 1 is 1.20 bits per heavy atom. The smallest absolute Gasteiger partial charge is 0.408 e. The largest absolute Gasteiger partial charge is 0.444 e. The summed E-state index contributed by atoms with van der Waals surface area (Å²) < 4.78 is 10.2. The second kappa shape index (κ2) is 10.3. The number of alkyl carbamates (subject to hydrolysis) is 1. The summed E-state index contributed by atoms with van der Waals surface area (Å²) in [6.07, 6.45) is 0.413. The predicted octanol–water partition coefficient (Wildman–Crippen LogP) is 2.93. The van der Waals surface area contributed by atoms with Gasteiger partial charge in [0.15, 0.2) is 0 Å². The molecule has 0 saturated carbocycles. The van der Waals surface area contributed by atoms with Gasteiger partial charge in [-0.2, -0.15) is 0 Å². The first kappa shape index (κ1) is 21.3. The Morgan fingerprint density at radius 2 is 1.84 bits per heavy atom. The minimum absolute atomic E-state index is 0.267. The van der Waals surface area contributed by atoms with Crippen LogP contribution in [0.2, 0.25) is 5.02 Å². The maximum Gasteiger partial charge on any atom is 0.408 e. The Bertz CT molecular complexity index is 555. The van der Waals surface area contributed by atoms with Gasteiger partial charge < -0.3 is 20.1 Å². The molecule has 0 heterocycles. The first-order valence-electron chi connectivity index (χ1n) is 8.22. The fraction of sp³-hybridized carbons (Fsp3) is 0.556. The topological polar surface area (TPSA) is 76.7 Å². The van der Waals surface area contributed by atoms with E-state index < -0.39 is 17.7 Å². The molecule has 0 bridgehead atoms. The van der Waals surface area contributed by atoms with E-state index in [0.29, 0.717) is 31.0 Å². The molecule has 1 aromatic carbocycles. The molecule has 1 rings (SSSR count). The first-order chi connectivity index (χ1) is 11.7. The number of carbonyl (C=O) groups excluding carboxylic acids is 2. The highest BCUT2D eigenvalue weighted by atomic mass is 35.5. The maximum absolute atomic E-state index is 12.3. The normalized spacial score (nSPS) is 12.4. The van der Waals surface area contributed by atoms with Crippen molar-refractivity contribution < 1.29 is 19.1 Å². The third kappa shape index (κ3) is 9.31. The zero-order valence-electron chi connectivity index (χ0n) is 15.2. The molecule has 1 aromatic rings. The van der Waals surface area contributed by atoms with Crippen molar-refractivity contribution in [3.05, 3.63) is 34.9 Å². The molecule has 0 aliphatic rings. The van der Waals surface area contributed by atoms with Gasteiger partial charge in [0, 0.05) is 31.7 Å². The molecule has 0 spiro atoms. The Balaban J connectivity index is 2.51. The predicted molar refractivity (Wildman–Crippen MR) is 97.8 cm³/mol. The Labute approximate surface area is 154 Å². The quantitative estimate of drug-likeness (QED) is 0.737. The fourth-order valence-corrected chi connectivity index (χ4v) is 2.18. The summed E-state index contributed by atoms with van der Waals surface area (Å²) in [5, 5.41) is 6.09. The molecular weight excluding hydrogens is 344 g/mol. The number of rotatable bonds is 8. The Morgan fingerprint density at radius 3 is 2.40 bits per heavy atom. The van der Waals surface area contributed by atoms with E-state index in [-0.39, 0.29) is 5.91 Å². The minimum atomic E-state index is -0.708. The number of benzene rings is 1. The standard InChI is InChI=1S/C18H27ClN2O4/c1-18(2,3)25-17(23)21-15(10-12-24-4)16(22)20-11-9-13-5-7-14(19)8-6-13/h5-8,15H,9-12H2,1-4H3,(H,20,22)(H,21,23). The lowest BCUT2D eigenvalue weighted by Crippen LogP contribution is -2.49. The van der Waals surface area contributed by atoms with E-state index in [2.05, 4.69) is 10.6 Å². The molecular formula is C18H27ClN2O4. The second-order valence-corrected chi connectivity index (χ2v) is 7.08. The summed E-state index contributed by atoms with van der Waals surface area (Å²) in [7, 11) is 1.54. The van der Waals surface area contributed by atoms with Crippen LogP contribution in [0.5, 0.6) is 0 Å². The third-order valence-corrected chi connectivity index (χ3v) is 3.50. The van der Waals surface area contributed by atoms with Gasteiger partial charge in [0.2, 0.25) is 5.91 Å². The molecule has 2 amide bonds. The van der Waals surface area contributed by atoms with Crippen molar-refractivity contribution >= 4 is 23.6 Å². The molecule has 0 fully saturated rings. The number of ether oxygens (including phenoxy) is 2. The van der Waals surface area contributed by atoms with Crippen LogP contribution in [-0.4, -0.2) is 43.9 Å². The summed E-state index contributed by atoms with van der Waals surface area (Å²) in [5.41, 5.74) is 0.444. The van der Waals surface area contributed by atoms with Crippen molar-refractivity contribution in [1.82, 2.24) is 10.6 Å². The monoisotopic (exact) mass is 370 g/mol. The van der Waals surface area contributed by atoms with Crippen LogP contribution in [0.15, 0.2) is 24.3 Å². The summed E-state index contributed by atoms with van der Waals surface area (Å²) >= 11 is 5.85. The fourth-order valence-electron chi connectivity index (χ4n) is 2.06. The highest BCUT2D eigenvalue weighted by Gasteiger charge is 2.23. The molecule has 25 heavy (non-hydrogen) atoms. The lowest BCUT2D eigenvalue weighted by Gasteiger charge is -2.23. The molecule has 1 unspecified atom stereocenters. The summed E-state index contributed by atoms with van der Waals surface area (Å²) in [4.78, 5) is 24.2. The lowest BCUT2D eigenvalue weighted by molar-refractivity contribution is -0.123. The summed E-state index contributed by atoms with van der Waals surface area (Å²) in [5.74, 6) is -0.267. The second-order valence-electron chi connectivity index (χ2n) is 6.65. The highest BCUT2D eigenvalue weighted by molar-refractivity contribution is 6.30. The van der Waals surface area contributed by atoms with E-state index >= 15 is 0 Å². The zero-order valence-corrected chi connectivity index (χ0v) is 16.0. The third-order valence-electron chi connectivity index (χ3n) is 3.24. The first-order valence-corrected chi connectivity index (χ1v) is 8.59. The number of halogens is 1. The number of hydrogen-bond acceptors (Lipinski definition) is 4. The van der Waals surface area contributed by atoms with E-state index in [1.807, 2.05) is 24.3 Å². The van der Waals surface area contributed by atoms with Crippen molar-refractivity contribution in [2.45, 2.75) is 45.3 Å². The maximum atomic E-state index is 12.3. The van der Waals surface area contributed by atoms with Gasteiger partial charge >= 0.3 is 6.09 Å². The van der Waals surface area contributed by atoms with Gasteiger partial charge in [-0.1, -0.05) is 23.7 Å². The summed E-state index contributed by atoms with van der Waals surface area (Å²) in [6.45, 7) is 6.11. The number of nitrogens with one attached hydrogen (secondary N) is 2. The van der Waals surface area contributed by atoms with Crippen molar-refractivity contribution in [3.8, 4) is 0 Å². The van der Waals surface area contributed by atoms with Crippen LogP contribution in [0.25, 0.3) is 0 Å². The van der Waals surface area contributed by atoms with Gasteiger partial charge in [0.25, 0.3) is 0 Å². The average Bonchev–Trinajstić information content (AvgIpc) is 2.51. The molecule has 7 heteroatoms. The van der Waals surface area contributed by atoms with E-state index in [1.54, 1.807) is 27.9 Å². The Kier molecular flexibility index (Phi) is 8.72. The SMILES string of the molecule is COCCC(NC(=O)OC(C)(C)C)C(=O)NCCc1ccc(Cl)cc1. The molecule has 2 N–H and O–H groups in total. The number of methoxy groups -OCH3 is 1. The van der Waals surface area contributed by atoms with Crippen molar-refractivity contribution in [1.29, 1.82) is 0 Å². The van der Waals surface area contributed by atoms with Crippen LogP contribution >= 0.6 is 11.6 Å². The molecule has 1 atom stereocenters. The van der Waals surface area contributed by atoms with Gasteiger partial charge in [0.05, 0.1) is 0 Å². The van der Waals surface area contributed by atoms with Crippen molar-refractivity contribution in [2.75, 3.05) is 20.3 Å².